The van der Waals surface area contributed by atoms with Crippen LogP contribution in [0.3, 0.4) is 0 Å². The summed E-state index contributed by atoms with van der Waals surface area (Å²) in [5, 5.41) is 13.1. The topological polar surface area (TPSA) is 106 Å². The van der Waals surface area contributed by atoms with Gasteiger partial charge in [-0.15, -0.1) is 10.2 Å². The summed E-state index contributed by atoms with van der Waals surface area (Å²) in [5.74, 6) is 0.663. The highest BCUT2D eigenvalue weighted by Crippen LogP contribution is 2.31. The maximum absolute atomic E-state index is 12.5. The van der Waals surface area contributed by atoms with Gasteiger partial charge in [-0.25, -0.2) is 9.97 Å². The van der Waals surface area contributed by atoms with Crippen LogP contribution in [0, 0.1) is 5.92 Å². The zero-order chi connectivity index (χ0) is 22.0. The van der Waals surface area contributed by atoms with Crippen molar-refractivity contribution in [3.05, 3.63) is 48.6 Å². The molecule has 0 fully saturated rings. The molecule has 160 valence electrons. The number of rotatable bonds is 7. The van der Waals surface area contributed by atoms with Crippen molar-refractivity contribution in [2.24, 2.45) is 5.92 Å². The number of halogens is 3. The number of aromatic nitrogens is 4. The van der Waals surface area contributed by atoms with Gasteiger partial charge in [0, 0.05) is 24.0 Å². The molecule has 0 spiro atoms. The van der Waals surface area contributed by atoms with Crippen molar-refractivity contribution in [2.75, 3.05) is 18.9 Å². The number of carbonyl (C=O) groups excluding carboxylic acids is 1. The largest absolute Gasteiger partial charge is 0.422 e. The normalized spacial score (nSPS) is 11.9. The Morgan fingerprint density at radius 3 is 2.43 bits per heavy atom. The Bertz CT molecular complexity index is 901. The summed E-state index contributed by atoms with van der Waals surface area (Å²) in [6.07, 6.45) is 1.58. The SMILES string of the molecule is CNCCC(C)C=O.FC(F)(F)c1ccc(Nc2nccnc2-c2nnco2)cc1. The van der Waals surface area contributed by atoms with E-state index in [1.54, 1.807) is 0 Å². The highest BCUT2D eigenvalue weighted by molar-refractivity contribution is 5.69. The van der Waals surface area contributed by atoms with Crippen LogP contribution in [0.1, 0.15) is 18.9 Å². The van der Waals surface area contributed by atoms with E-state index in [0.29, 0.717) is 17.2 Å². The molecular weight excluding hydrogens is 401 g/mol. The summed E-state index contributed by atoms with van der Waals surface area (Å²) in [6, 6.07) is 4.56. The van der Waals surface area contributed by atoms with Crippen molar-refractivity contribution >= 4 is 17.8 Å². The molecule has 1 atom stereocenters. The Morgan fingerprint density at radius 2 is 1.87 bits per heavy atom. The Balaban J connectivity index is 0.000000343. The number of alkyl halides is 3. The standard InChI is InChI=1S/C13H8F3N5O.C6H13NO/c14-13(15,16)8-1-3-9(4-2-8)20-11-10(17-5-6-18-11)12-21-19-7-22-12;1-6(5-8)3-4-7-2/h1-7H,(H,18,20);5-7H,3-4H2,1-2H3. The Kier molecular flexibility index (Phi) is 8.41. The van der Waals surface area contributed by atoms with E-state index in [1.165, 1.54) is 24.5 Å². The van der Waals surface area contributed by atoms with Crippen molar-refractivity contribution in [1.29, 1.82) is 0 Å². The van der Waals surface area contributed by atoms with Gasteiger partial charge in [0.1, 0.15) is 6.29 Å². The molecule has 0 aliphatic rings. The second kappa shape index (κ2) is 11.0. The molecule has 2 heterocycles. The zero-order valence-corrected chi connectivity index (χ0v) is 16.3. The second-order valence-corrected chi connectivity index (χ2v) is 6.20. The highest BCUT2D eigenvalue weighted by Gasteiger charge is 2.30. The van der Waals surface area contributed by atoms with Gasteiger partial charge in [0.25, 0.3) is 5.89 Å². The third kappa shape index (κ3) is 6.92. The number of anilines is 2. The molecule has 1 aromatic carbocycles. The quantitative estimate of drug-likeness (QED) is 0.555. The summed E-state index contributed by atoms with van der Waals surface area (Å²) in [6.45, 7) is 2.85. The van der Waals surface area contributed by atoms with E-state index in [4.69, 9.17) is 4.42 Å². The number of hydrogen-bond acceptors (Lipinski definition) is 8. The van der Waals surface area contributed by atoms with E-state index in [1.807, 2.05) is 14.0 Å². The lowest BCUT2D eigenvalue weighted by atomic mass is 10.1. The van der Waals surface area contributed by atoms with Gasteiger partial charge in [0.15, 0.2) is 11.5 Å². The van der Waals surface area contributed by atoms with Gasteiger partial charge in [-0.1, -0.05) is 6.92 Å². The average Bonchev–Trinajstić information content (AvgIpc) is 3.27. The Labute approximate surface area is 171 Å². The van der Waals surface area contributed by atoms with Crippen LogP contribution in [-0.2, 0) is 11.0 Å². The molecule has 0 aliphatic carbocycles. The maximum atomic E-state index is 12.5. The molecule has 8 nitrogen and oxygen atoms in total. The summed E-state index contributed by atoms with van der Waals surface area (Å²) < 4.78 is 42.6. The van der Waals surface area contributed by atoms with E-state index < -0.39 is 11.7 Å². The first-order valence-electron chi connectivity index (χ1n) is 8.97. The number of nitrogens with zero attached hydrogens (tertiary/aromatic N) is 4. The molecule has 2 aromatic heterocycles. The third-order valence-electron chi connectivity index (χ3n) is 3.82. The van der Waals surface area contributed by atoms with Crippen molar-refractivity contribution in [3.63, 3.8) is 0 Å². The van der Waals surface area contributed by atoms with Gasteiger partial charge in [-0.05, 0) is 44.3 Å². The molecule has 2 N–H and O–H groups in total. The fourth-order valence-electron chi connectivity index (χ4n) is 2.18. The van der Waals surface area contributed by atoms with E-state index in [0.717, 1.165) is 37.8 Å². The molecule has 0 saturated carbocycles. The lowest BCUT2D eigenvalue weighted by molar-refractivity contribution is -0.137. The minimum absolute atomic E-state index is 0.155. The molecule has 0 aliphatic heterocycles. The maximum Gasteiger partial charge on any atom is 0.416 e. The lowest BCUT2D eigenvalue weighted by Crippen LogP contribution is -2.11. The van der Waals surface area contributed by atoms with Crippen LogP contribution in [-0.4, -0.2) is 40.0 Å². The molecule has 0 amide bonds. The summed E-state index contributed by atoms with van der Waals surface area (Å²) in [5.41, 5.74) is 0.00323. The lowest BCUT2D eigenvalue weighted by Gasteiger charge is -2.10. The zero-order valence-electron chi connectivity index (χ0n) is 16.3. The molecule has 0 saturated heterocycles. The van der Waals surface area contributed by atoms with Gasteiger partial charge in [-0.3, -0.25) is 0 Å². The van der Waals surface area contributed by atoms with Crippen LogP contribution >= 0.6 is 0 Å². The minimum Gasteiger partial charge on any atom is -0.422 e. The molecule has 1 unspecified atom stereocenters. The van der Waals surface area contributed by atoms with Crippen molar-refractivity contribution in [1.82, 2.24) is 25.5 Å². The van der Waals surface area contributed by atoms with Gasteiger partial charge >= 0.3 is 6.18 Å². The first kappa shape index (κ1) is 22.9. The summed E-state index contributed by atoms with van der Waals surface area (Å²) in [4.78, 5) is 18.1. The fourth-order valence-corrected chi connectivity index (χ4v) is 2.18. The van der Waals surface area contributed by atoms with E-state index in [2.05, 4.69) is 30.8 Å². The molecular formula is C19H21F3N6O2. The third-order valence-corrected chi connectivity index (χ3v) is 3.82. The summed E-state index contributed by atoms with van der Waals surface area (Å²) >= 11 is 0. The van der Waals surface area contributed by atoms with Crippen molar-refractivity contribution in [2.45, 2.75) is 19.5 Å². The first-order chi connectivity index (χ1) is 14.3. The van der Waals surface area contributed by atoms with Crippen LogP contribution < -0.4 is 10.6 Å². The number of aldehydes is 1. The molecule has 3 aromatic rings. The smallest absolute Gasteiger partial charge is 0.416 e. The van der Waals surface area contributed by atoms with E-state index >= 15 is 0 Å². The average molecular weight is 422 g/mol. The van der Waals surface area contributed by atoms with Gasteiger partial charge < -0.3 is 19.8 Å². The number of nitrogens with one attached hydrogen (secondary N) is 2. The van der Waals surface area contributed by atoms with Gasteiger partial charge in [0.05, 0.1) is 5.56 Å². The van der Waals surface area contributed by atoms with Crippen LogP contribution in [0.2, 0.25) is 0 Å². The molecule has 0 radical (unpaired) electrons. The number of hydrogen-bond donors (Lipinski definition) is 2. The monoisotopic (exact) mass is 422 g/mol. The highest BCUT2D eigenvalue weighted by atomic mass is 19.4. The second-order valence-electron chi connectivity index (χ2n) is 6.20. The van der Waals surface area contributed by atoms with E-state index in [-0.39, 0.29) is 11.8 Å². The number of carbonyl (C=O) groups is 1. The predicted octanol–water partition coefficient (Wildman–Crippen LogP) is 3.72. The summed E-state index contributed by atoms with van der Waals surface area (Å²) in [7, 11) is 1.89. The Hall–Kier alpha value is -3.34. The van der Waals surface area contributed by atoms with Gasteiger partial charge in [-0.2, -0.15) is 13.2 Å². The van der Waals surface area contributed by atoms with Crippen molar-refractivity contribution in [3.8, 4) is 11.6 Å². The van der Waals surface area contributed by atoms with Crippen molar-refractivity contribution < 1.29 is 22.4 Å². The van der Waals surface area contributed by atoms with Crippen LogP contribution in [0.4, 0.5) is 24.7 Å². The van der Waals surface area contributed by atoms with Crippen LogP contribution in [0.15, 0.2) is 47.5 Å². The Morgan fingerprint density at radius 1 is 1.17 bits per heavy atom. The molecule has 11 heteroatoms. The predicted molar refractivity (Wildman–Crippen MR) is 104 cm³/mol. The number of benzene rings is 1. The molecule has 30 heavy (non-hydrogen) atoms. The molecule has 0 bridgehead atoms. The minimum atomic E-state index is -4.37. The van der Waals surface area contributed by atoms with E-state index in [9.17, 15) is 18.0 Å². The van der Waals surface area contributed by atoms with Gasteiger partial charge in [0.2, 0.25) is 6.39 Å². The van der Waals surface area contributed by atoms with Crippen LogP contribution in [0.5, 0.6) is 0 Å². The van der Waals surface area contributed by atoms with Crippen LogP contribution in [0.25, 0.3) is 11.6 Å². The molecule has 3 rings (SSSR count). The fraction of sp³-hybridized carbons (Fsp3) is 0.316. The first-order valence-corrected chi connectivity index (χ1v) is 8.97.